The first kappa shape index (κ1) is 20.7. The summed E-state index contributed by atoms with van der Waals surface area (Å²) in [5.74, 6) is 0.140. The van der Waals surface area contributed by atoms with E-state index in [0.717, 1.165) is 42.4 Å². The molecule has 2 aromatic rings. The fourth-order valence-corrected chi connectivity index (χ4v) is 5.73. The van der Waals surface area contributed by atoms with Crippen molar-refractivity contribution >= 4 is 11.8 Å². The maximum atomic E-state index is 12.9. The zero-order valence-corrected chi connectivity index (χ0v) is 18.0. The van der Waals surface area contributed by atoms with E-state index in [1.165, 1.54) is 0 Å². The van der Waals surface area contributed by atoms with Crippen LogP contribution in [0.4, 0.5) is 0 Å². The normalized spacial score (nSPS) is 25.2. The molecule has 0 spiro atoms. The van der Waals surface area contributed by atoms with Gasteiger partial charge in [0.1, 0.15) is 0 Å². The third-order valence-electron chi connectivity index (χ3n) is 7.41. The number of hydrogen-bond acceptors (Lipinski definition) is 4. The van der Waals surface area contributed by atoms with Gasteiger partial charge in [0, 0.05) is 18.4 Å². The zero-order valence-electron chi connectivity index (χ0n) is 18.0. The molecule has 1 saturated carbocycles. The van der Waals surface area contributed by atoms with Crippen molar-refractivity contribution in [2.24, 2.45) is 5.92 Å². The van der Waals surface area contributed by atoms with Gasteiger partial charge in [0.2, 0.25) is 11.8 Å². The third-order valence-corrected chi connectivity index (χ3v) is 7.41. The molecule has 164 valence electrons. The minimum atomic E-state index is -0.239. The molecule has 5 rings (SSSR count). The highest BCUT2D eigenvalue weighted by molar-refractivity contribution is 5.88. The standard InChI is InChI=1S/C26H27N3O3/c27-13-17-5-7-18(8-6-17)19-9-11-20(12-10-19)25-22-14-28(26(32)21-3-1-2-4-21)15-24(31)29(22)23(25)16-30/h5-12,21-23,25,30H,1-4,14-16H2/t22-,23-,25+/m0/s1. The molecule has 2 heterocycles. The summed E-state index contributed by atoms with van der Waals surface area (Å²) in [6, 6.07) is 17.5. The predicted molar refractivity (Wildman–Crippen MR) is 119 cm³/mol. The molecule has 0 aromatic heterocycles. The summed E-state index contributed by atoms with van der Waals surface area (Å²) in [6.07, 6.45) is 4.04. The first-order chi connectivity index (χ1) is 15.6. The number of carbonyl (C=O) groups excluding carboxylic acids is 2. The van der Waals surface area contributed by atoms with Crippen molar-refractivity contribution in [3.8, 4) is 17.2 Å². The number of amides is 2. The lowest BCUT2D eigenvalue weighted by Crippen LogP contribution is -2.73. The Morgan fingerprint density at radius 2 is 1.66 bits per heavy atom. The molecule has 3 aliphatic rings. The monoisotopic (exact) mass is 429 g/mol. The van der Waals surface area contributed by atoms with Gasteiger partial charge in [0.05, 0.1) is 36.9 Å². The van der Waals surface area contributed by atoms with E-state index in [0.29, 0.717) is 12.1 Å². The zero-order chi connectivity index (χ0) is 22.2. The number of nitrogens with zero attached hydrogens (tertiary/aromatic N) is 3. The molecule has 3 atom stereocenters. The van der Waals surface area contributed by atoms with Crippen LogP contribution >= 0.6 is 0 Å². The van der Waals surface area contributed by atoms with Crippen molar-refractivity contribution in [1.29, 1.82) is 5.26 Å². The molecule has 6 heteroatoms. The Balaban J connectivity index is 1.35. The summed E-state index contributed by atoms with van der Waals surface area (Å²) in [5, 5.41) is 19.0. The van der Waals surface area contributed by atoms with Crippen LogP contribution in [0.2, 0.25) is 0 Å². The maximum Gasteiger partial charge on any atom is 0.242 e. The second-order valence-corrected chi connectivity index (χ2v) is 9.16. The first-order valence-corrected chi connectivity index (χ1v) is 11.4. The van der Waals surface area contributed by atoms with Crippen LogP contribution in [0.3, 0.4) is 0 Å². The highest BCUT2D eigenvalue weighted by Gasteiger charge is 2.54. The number of hydrogen-bond donors (Lipinski definition) is 1. The van der Waals surface area contributed by atoms with Crippen molar-refractivity contribution in [1.82, 2.24) is 9.80 Å². The molecule has 0 unspecified atom stereocenters. The Morgan fingerprint density at radius 3 is 2.25 bits per heavy atom. The van der Waals surface area contributed by atoms with Crippen molar-refractivity contribution in [3.63, 3.8) is 0 Å². The lowest BCUT2D eigenvalue weighted by molar-refractivity contribution is -0.168. The minimum Gasteiger partial charge on any atom is -0.394 e. The topological polar surface area (TPSA) is 84.6 Å². The molecule has 0 radical (unpaired) electrons. The van der Waals surface area contributed by atoms with E-state index in [1.54, 1.807) is 21.9 Å². The van der Waals surface area contributed by atoms with Crippen LogP contribution in [0.15, 0.2) is 48.5 Å². The highest BCUT2D eigenvalue weighted by atomic mass is 16.3. The summed E-state index contributed by atoms with van der Waals surface area (Å²) in [7, 11) is 0. The average Bonchev–Trinajstić information content (AvgIpc) is 3.35. The van der Waals surface area contributed by atoms with E-state index in [9.17, 15) is 14.7 Å². The first-order valence-electron chi connectivity index (χ1n) is 11.4. The van der Waals surface area contributed by atoms with E-state index in [1.807, 2.05) is 24.3 Å². The highest BCUT2D eigenvalue weighted by Crippen LogP contribution is 2.43. The summed E-state index contributed by atoms with van der Waals surface area (Å²) in [6.45, 7) is 0.590. The smallest absolute Gasteiger partial charge is 0.242 e. The number of piperazine rings is 1. The van der Waals surface area contributed by atoms with Crippen LogP contribution in [0.25, 0.3) is 11.1 Å². The largest absolute Gasteiger partial charge is 0.394 e. The van der Waals surface area contributed by atoms with E-state index in [2.05, 4.69) is 18.2 Å². The molecule has 2 amide bonds. The van der Waals surface area contributed by atoms with Gasteiger partial charge in [-0.25, -0.2) is 0 Å². The molecule has 1 N–H and O–H groups in total. The Labute approximate surface area is 188 Å². The number of carbonyl (C=O) groups is 2. The van der Waals surface area contributed by atoms with E-state index >= 15 is 0 Å². The molecule has 32 heavy (non-hydrogen) atoms. The van der Waals surface area contributed by atoms with Crippen LogP contribution in [-0.2, 0) is 9.59 Å². The number of aliphatic hydroxyl groups excluding tert-OH is 1. The molecule has 1 aliphatic carbocycles. The molecular formula is C26H27N3O3. The molecule has 2 aliphatic heterocycles. The van der Waals surface area contributed by atoms with Crippen LogP contribution in [0.5, 0.6) is 0 Å². The molecule has 3 fully saturated rings. The molecule has 2 saturated heterocycles. The van der Waals surface area contributed by atoms with E-state index in [-0.39, 0.29) is 48.9 Å². The summed E-state index contributed by atoms with van der Waals surface area (Å²) in [5.41, 5.74) is 3.79. The van der Waals surface area contributed by atoms with Crippen LogP contribution in [0, 0.1) is 17.2 Å². The predicted octanol–water partition coefficient (Wildman–Crippen LogP) is 2.91. The van der Waals surface area contributed by atoms with Crippen molar-refractivity contribution in [3.05, 3.63) is 59.7 Å². The quantitative estimate of drug-likeness (QED) is 0.810. The summed E-state index contributed by atoms with van der Waals surface area (Å²) < 4.78 is 0. The second-order valence-electron chi connectivity index (χ2n) is 9.16. The Hall–Kier alpha value is -3.17. The van der Waals surface area contributed by atoms with E-state index < -0.39 is 0 Å². The Kier molecular flexibility index (Phi) is 5.44. The lowest BCUT2D eigenvalue weighted by atomic mass is 9.73. The SMILES string of the molecule is N#Cc1ccc(-c2ccc([C@H]3[C@H](CO)N4C(=O)CN(C(=O)C5CCCC5)C[C@@H]34)cc2)cc1. The average molecular weight is 430 g/mol. The Morgan fingerprint density at radius 1 is 1.03 bits per heavy atom. The van der Waals surface area contributed by atoms with Gasteiger partial charge in [-0.3, -0.25) is 9.59 Å². The Bertz CT molecular complexity index is 1050. The summed E-state index contributed by atoms with van der Waals surface area (Å²) in [4.78, 5) is 29.3. The van der Waals surface area contributed by atoms with Gasteiger partial charge < -0.3 is 14.9 Å². The fraction of sp³-hybridized carbons (Fsp3) is 0.423. The second kappa shape index (κ2) is 8.40. The van der Waals surface area contributed by atoms with Gasteiger partial charge >= 0.3 is 0 Å². The third kappa shape index (κ3) is 3.47. The number of rotatable bonds is 4. The van der Waals surface area contributed by atoms with Gasteiger partial charge in [-0.05, 0) is 41.7 Å². The fourth-order valence-electron chi connectivity index (χ4n) is 5.73. The van der Waals surface area contributed by atoms with Gasteiger partial charge in [0.15, 0.2) is 0 Å². The van der Waals surface area contributed by atoms with Gasteiger partial charge in [0.25, 0.3) is 0 Å². The van der Waals surface area contributed by atoms with Crippen molar-refractivity contribution < 1.29 is 14.7 Å². The van der Waals surface area contributed by atoms with Crippen LogP contribution in [-0.4, -0.2) is 58.5 Å². The van der Waals surface area contributed by atoms with Crippen LogP contribution < -0.4 is 0 Å². The molecule has 0 bridgehead atoms. The number of fused-ring (bicyclic) bond motifs is 1. The number of nitriles is 1. The number of aliphatic hydroxyl groups is 1. The molecular weight excluding hydrogens is 402 g/mol. The van der Waals surface area contributed by atoms with Gasteiger partial charge in [-0.1, -0.05) is 49.2 Å². The minimum absolute atomic E-state index is 0.0122. The summed E-state index contributed by atoms with van der Waals surface area (Å²) >= 11 is 0. The lowest BCUT2D eigenvalue weighted by Gasteiger charge is -2.59. The van der Waals surface area contributed by atoms with Crippen LogP contribution in [0.1, 0.15) is 42.7 Å². The molecule has 2 aromatic carbocycles. The maximum absolute atomic E-state index is 12.9. The van der Waals surface area contributed by atoms with Crippen molar-refractivity contribution in [2.45, 2.75) is 43.7 Å². The van der Waals surface area contributed by atoms with Crippen molar-refractivity contribution in [2.75, 3.05) is 19.7 Å². The van der Waals surface area contributed by atoms with Gasteiger partial charge in [-0.15, -0.1) is 0 Å². The number of benzene rings is 2. The molecule has 6 nitrogen and oxygen atoms in total. The van der Waals surface area contributed by atoms with E-state index in [4.69, 9.17) is 5.26 Å². The van der Waals surface area contributed by atoms with Gasteiger partial charge in [-0.2, -0.15) is 5.26 Å².